The molecule has 0 saturated heterocycles. The molecule has 0 aromatic rings. The van der Waals surface area contributed by atoms with Gasteiger partial charge in [0.1, 0.15) is 0 Å². The van der Waals surface area contributed by atoms with Gasteiger partial charge in [0.05, 0.1) is 0 Å². The molecule has 1 aliphatic rings. The van der Waals surface area contributed by atoms with E-state index in [1.54, 1.807) is 0 Å². The normalized spacial score (nSPS) is 26.9. The van der Waals surface area contributed by atoms with Crippen molar-refractivity contribution in [3.05, 3.63) is 0 Å². The molecule has 0 radical (unpaired) electrons. The Kier molecular flexibility index (Phi) is 5.92. The lowest BCUT2D eigenvalue weighted by Crippen LogP contribution is -2.44. The summed E-state index contributed by atoms with van der Waals surface area (Å²) in [5.41, 5.74) is 5.89. The van der Waals surface area contributed by atoms with E-state index in [4.69, 9.17) is 10.8 Å². The average Bonchev–Trinajstić information content (AvgIpc) is 2.28. The zero-order chi connectivity index (χ0) is 12.8. The third-order valence-corrected chi connectivity index (χ3v) is 3.66. The highest BCUT2D eigenvalue weighted by atomic mass is 16.3. The molecule has 0 aliphatic heterocycles. The van der Waals surface area contributed by atoms with Crippen molar-refractivity contribution >= 4 is 5.91 Å². The maximum absolute atomic E-state index is 12.1. The van der Waals surface area contributed by atoms with E-state index in [2.05, 4.69) is 19.2 Å². The van der Waals surface area contributed by atoms with Crippen molar-refractivity contribution in [2.45, 2.75) is 58.0 Å². The van der Waals surface area contributed by atoms with Gasteiger partial charge in [-0.3, -0.25) is 4.79 Å². The maximum Gasteiger partial charge on any atom is 0.223 e. The molecule has 3 atom stereocenters. The van der Waals surface area contributed by atoms with Crippen LogP contribution in [-0.4, -0.2) is 29.7 Å². The number of aliphatic hydroxyl groups is 1. The van der Waals surface area contributed by atoms with Gasteiger partial charge >= 0.3 is 0 Å². The summed E-state index contributed by atoms with van der Waals surface area (Å²) in [6.07, 6.45) is 4.46. The first-order valence-corrected chi connectivity index (χ1v) is 6.71. The molecule has 1 saturated carbocycles. The fraction of sp³-hybridized carbons (Fsp3) is 0.923. The molecule has 1 rings (SSSR count). The summed E-state index contributed by atoms with van der Waals surface area (Å²) in [5.74, 6) is 0.536. The molecule has 4 N–H and O–H groups in total. The van der Waals surface area contributed by atoms with Crippen LogP contribution in [0.25, 0.3) is 0 Å². The highest BCUT2D eigenvalue weighted by molar-refractivity contribution is 5.79. The number of aliphatic hydroxyl groups excluding tert-OH is 1. The molecular weight excluding hydrogens is 216 g/mol. The van der Waals surface area contributed by atoms with E-state index in [1.807, 2.05) is 0 Å². The molecule has 1 amide bonds. The van der Waals surface area contributed by atoms with Crippen LogP contribution in [0.2, 0.25) is 0 Å². The van der Waals surface area contributed by atoms with Crippen molar-refractivity contribution in [2.75, 3.05) is 6.61 Å². The number of carbonyl (C=O) groups is 1. The van der Waals surface area contributed by atoms with Crippen molar-refractivity contribution in [1.82, 2.24) is 5.32 Å². The van der Waals surface area contributed by atoms with E-state index in [1.165, 1.54) is 0 Å². The quantitative estimate of drug-likeness (QED) is 0.674. The number of amides is 1. The molecule has 1 aliphatic carbocycles. The summed E-state index contributed by atoms with van der Waals surface area (Å²) in [4.78, 5) is 12.1. The molecule has 100 valence electrons. The maximum atomic E-state index is 12.1. The van der Waals surface area contributed by atoms with Crippen LogP contribution in [-0.2, 0) is 4.79 Å². The van der Waals surface area contributed by atoms with Crippen molar-refractivity contribution in [2.24, 2.45) is 17.6 Å². The van der Waals surface area contributed by atoms with E-state index in [9.17, 15) is 4.79 Å². The fourth-order valence-corrected chi connectivity index (χ4v) is 2.48. The Hall–Kier alpha value is -0.610. The fourth-order valence-electron chi connectivity index (χ4n) is 2.48. The Morgan fingerprint density at radius 3 is 2.71 bits per heavy atom. The van der Waals surface area contributed by atoms with Crippen LogP contribution in [0.4, 0.5) is 0 Å². The third-order valence-electron chi connectivity index (χ3n) is 3.66. The number of rotatable bonds is 5. The molecule has 0 aromatic heterocycles. The van der Waals surface area contributed by atoms with Gasteiger partial charge in [-0.25, -0.2) is 0 Å². The van der Waals surface area contributed by atoms with Crippen LogP contribution in [0.15, 0.2) is 0 Å². The van der Waals surface area contributed by atoms with Gasteiger partial charge in [0.15, 0.2) is 0 Å². The average molecular weight is 242 g/mol. The predicted octanol–water partition coefficient (Wildman–Crippen LogP) is 1.03. The molecule has 3 unspecified atom stereocenters. The number of nitrogens with two attached hydrogens (primary N) is 1. The van der Waals surface area contributed by atoms with Crippen LogP contribution in [0.3, 0.4) is 0 Å². The SMILES string of the molecule is CC(C)C(CCO)NC(=O)C1CCCC(N)C1. The van der Waals surface area contributed by atoms with Crippen LogP contribution in [0.5, 0.6) is 0 Å². The monoisotopic (exact) mass is 242 g/mol. The molecule has 0 spiro atoms. The molecule has 0 heterocycles. The lowest BCUT2D eigenvalue weighted by molar-refractivity contribution is -0.127. The van der Waals surface area contributed by atoms with Crippen LogP contribution >= 0.6 is 0 Å². The Morgan fingerprint density at radius 1 is 1.47 bits per heavy atom. The largest absolute Gasteiger partial charge is 0.396 e. The number of hydrogen-bond acceptors (Lipinski definition) is 3. The molecule has 4 heteroatoms. The van der Waals surface area contributed by atoms with Crippen molar-refractivity contribution in [3.8, 4) is 0 Å². The highest BCUT2D eigenvalue weighted by Gasteiger charge is 2.27. The molecule has 0 aromatic carbocycles. The van der Waals surface area contributed by atoms with Gasteiger partial charge in [-0.15, -0.1) is 0 Å². The van der Waals surface area contributed by atoms with Crippen molar-refractivity contribution < 1.29 is 9.90 Å². The summed E-state index contributed by atoms with van der Waals surface area (Å²) in [6, 6.07) is 0.250. The third kappa shape index (κ3) is 4.64. The van der Waals surface area contributed by atoms with E-state index in [0.29, 0.717) is 12.3 Å². The smallest absolute Gasteiger partial charge is 0.223 e. The Balaban J connectivity index is 2.45. The predicted molar refractivity (Wildman–Crippen MR) is 68.4 cm³/mol. The van der Waals surface area contributed by atoms with Crippen molar-refractivity contribution in [3.63, 3.8) is 0 Å². The first kappa shape index (κ1) is 14.5. The van der Waals surface area contributed by atoms with Gasteiger partial charge in [0.2, 0.25) is 5.91 Å². The zero-order valence-electron chi connectivity index (χ0n) is 11.0. The van der Waals surface area contributed by atoms with Crippen LogP contribution < -0.4 is 11.1 Å². The van der Waals surface area contributed by atoms with Crippen LogP contribution in [0, 0.1) is 11.8 Å². The molecule has 4 nitrogen and oxygen atoms in total. The molecule has 1 fully saturated rings. The van der Waals surface area contributed by atoms with Gasteiger partial charge in [0, 0.05) is 24.6 Å². The van der Waals surface area contributed by atoms with E-state index < -0.39 is 0 Å². The van der Waals surface area contributed by atoms with E-state index in [0.717, 1.165) is 25.7 Å². The lowest BCUT2D eigenvalue weighted by Gasteiger charge is -2.29. The highest BCUT2D eigenvalue weighted by Crippen LogP contribution is 2.23. The molecule has 17 heavy (non-hydrogen) atoms. The second-order valence-electron chi connectivity index (χ2n) is 5.49. The van der Waals surface area contributed by atoms with Gasteiger partial charge in [-0.2, -0.15) is 0 Å². The number of nitrogens with one attached hydrogen (secondary N) is 1. The first-order valence-electron chi connectivity index (χ1n) is 6.71. The second kappa shape index (κ2) is 6.97. The summed E-state index contributed by atoms with van der Waals surface area (Å²) in [7, 11) is 0. The van der Waals surface area contributed by atoms with Gasteiger partial charge < -0.3 is 16.2 Å². The van der Waals surface area contributed by atoms with Gasteiger partial charge in [0.25, 0.3) is 0 Å². The zero-order valence-corrected chi connectivity index (χ0v) is 11.0. The standard InChI is InChI=1S/C13H26N2O2/c1-9(2)12(6-7-16)15-13(17)10-4-3-5-11(14)8-10/h9-12,16H,3-8,14H2,1-2H3,(H,15,17). The van der Waals surface area contributed by atoms with E-state index in [-0.39, 0.29) is 30.5 Å². The van der Waals surface area contributed by atoms with E-state index >= 15 is 0 Å². The second-order valence-corrected chi connectivity index (χ2v) is 5.49. The lowest BCUT2D eigenvalue weighted by atomic mass is 9.85. The van der Waals surface area contributed by atoms with Gasteiger partial charge in [-0.05, 0) is 31.6 Å². The minimum absolute atomic E-state index is 0.0682. The minimum Gasteiger partial charge on any atom is -0.396 e. The molecular formula is C13H26N2O2. The summed E-state index contributed by atoms with van der Waals surface area (Å²) >= 11 is 0. The summed E-state index contributed by atoms with van der Waals surface area (Å²) in [6.45, 7) is 4.24. The number of hydrogen-bond donors (Lipinski definition) is 3. The number of carbonyl (C=O) groups excluding carboxylic acids is 1. The Bertz CT molecular complexity index is 244. The van der Waals surface area contributed by atoms with Gasteiger partial charge in [-0.1, -0.05) is 20.3 Å². The first-order chi connectivity index (χ1) is 8.04. The van der Waals surface area contributed by atoms with Crippen LogP contribution in [0.1, 0.15) is 46.0 Å². The topological polar surface area (TPSA) is 75.3 Å². The molecule has 0 bridgehead atoms. The Morgan fingerprint density at radius 2 is 2.18 bits per heavy atom. The minimum atomic E-state index is 0.0682. The van der Waals surface area contributed by atoms with Crippen molar-refractivity contribution in [1.29, 1.82) is 0 Å². The summed E-state index contributed by atoms with van der Waals surface area (Å²) < 4.78 is 0. The Labute approximate surface area is 104 Å². The summed E-state index contributed by atoms with van der Waals surface area (Å²) in [5, 5.41) is 12.0.